The van der Waals surface area contributed by atoms with Gasteiger partial charge in [0.05, 0.1) is 0 Å². The van der Waals surface area contributed by atoms with Crippen LogP contribution in [0.15, 0.2) is 18.2 Å². The van der Waals surface area contributed by atoms with Gasteiger partial charge < -0.3 is 16.0 Å². The minimum atomic E-state index is -0.0297. The van der Waals surface area contributed by atoms with E-state index in [1.165, 1.54) is 6.42 Å². The Balaban J connectivity index is 2.04. The van der Waals surface area contributed by atoms with E-state index in [1.54, 1.807) is 0 Å². The van der Waals surface area contributed by atoms with E-state index in [1.807, 2.05) is 25.1 Å². The van der Waals surface area contributed by atoms with Gasteiger partial charge in [-0.3, -0.25) is 4.79 Å². The van der Waals surface area contributed by atoms with Crippen LogP contribution in [0.25, 0.3) is 0 Å². The number of carbonyl (C=O) groups is 1. The summed E-state index contributed by atoms with van der Waals surface area (Å²) < 4.78 is 0. The second-order valence-electron chi connectivity index (χ2n) is 5.67. The summed E-state index contributed by atoms with van der Waals surface area (Å²) in [5.74, 6) is -0.0297. The first-order valence-corrected chi connectivity index (χ1v) is 6.77. The number of hydrogen-bond acceptors (Lipinski definition) is 3. The number of likely N-dealkylation sites (N-methyl/N-ethyl adjacent to an activating group) is 1. The van der Waals surface area contributed by atoms with Crippen LogP contribution >= 0.6 is 0 Å². The minimum absolute atomic E-state index is 0.0297. The molecule has 3 N–H and O–H groups in total. The molecule has 4 heteroatoms. The van der Waals surface area contributed by atoms with Gasteiger partial charge in [-0.05, 0) is 58.0 Å². The van der Waals surface area contributed by atoms with Gasteiger partial charge in [-0.25, -0.2) is 0 Å². The molecule has 1 aromatic carbocycles. The Morgan fingerprint density at radius 1 is 1.42 bits per heavy atom. The van der Waals surface area contributed by atoms with Crippen LogP contribution in [0.1, 0.15) is 35.2 Å². The lowest BCUT2D eigenvalue weighted by atomic mass is 9.75. The van der Waals surface area contributed by atoms with E-state index in [0.717, 1.165) is 18.4 Å². The normalized spacial score (nSPS) is 17.1. The van der Waals surface area contributed by atoms with E-state index < -0.39 is 0 Å². The summed E-state index contributed by atoms with van der Waals surface area (Å²) in [5, 5.41) is 3.05. The molecule has 0 saturated heterocycles. The predicted molar refractivity (Wildman–Crippen MR) is 78.2 cm³/mol. The average Bonchev–Trinajstić information content (AvgIpc) is 2.30. The number of nitrogens with zero attached hydrogens (tertiary/aromatic N) is 1. The highest BCUT2D eigenvalue weighted by Crippen LogP contribution is 2.35. The highest BCUT2D eigenvalue weighted by molar-refractivity contribution is 5.96. The third kappa shape index (κ3) is 2.59. The molecule has 0 aromatic heterocycles. The van der Waals surface area contributed by atoms with Crippen LogP contribution in [0.4, 0.5) is 5.69 Å². The Morgan fingerprint density at radius 3 is 2.63 bits per heavy atom. The van der Waals surface area contributed by atoms with Crippen molar-refractivity contribution in [2.75, 3.05) is 26.4 Å². The van der Waals surface area contributed by atoms with Crippen LogP contribution in [0.3, 0.4) is 0 Å². The van der Waals surface area contributed by atoms with Crippen molar-refractivity contribution in [3.05, 3.63) is 29.3 Å². The molecule has 4 nitrogen and oxygen atoms in total. The molecule has 0 unspecified atom stereocenters. The van der Waals surface area contributed by atoms with Crippen molar-refractivity contribution in [3.63, 3.8) is 0 Å². The predicted octanol–water partition coefficient (Wildman–Crippen LogP) is 1.79. The fourth-order valence-electron chi connectivity index (χ4n) is 2.61. The summed E-state index contributed by atoms with van der Waals surface area (Å²) in [5.41, 5.74) is 8.17. The Bertz CT molecular complexity index is 478. The van der Waals surface area contributed by atoms with Crippen molar-refractivity contribution in [1.82, 2.24) is 10.2 Å². The quantitative estimate of drug-likeness (QED) is 0.812. The molecule has 0 heterocycles. The molecule has 1 saturated carbocycles. The summed E-state index contributed by atoms with van der Waals surface area (Å²) in [6.07, 6.45) is 3.54. The molecule has 0 radical (unpaired) electrons. The molecule has 1 amide bonds. The van der Waals surface area contributed by atoms with Crippen LogP contribution in [-0.2, 0) is 0 Å². The third-order valence-electron chi connectivity index (χ3n) is 4.43. The molecule has 0 bridgehead atoms. The fourth-order valence-corrected chi connectivity index (χ4v) is 2.61. The zero-order valence-corrected chi connectivity index (χ0v) is 12.0. The van der Waals surface area contributed by atoms with Gasteiger partial charge in [-0.2, -0.15) is 0 Å². The topological polar surface area (TPSA) is 58.4 Å². The summed E-state index contributed by atoms with van der Waals surface area (Å²) in [6, 6.07) is 5.46. The van der Waals surface area contributed by atoms with Gasteiger partial charge in [0.15, 0.2) is 0 Å². The molecule has 0 aliphatic heterocycles. The first-order valence-electron chi connectivity index (χ1n) is 6.77. The standard InChI is InChI=1S/C15H23N3O/c1-11-12(6-4-7-13(11)16)14(19)17-10-15(18(2)3)8-5-9-15/h4,6-7H,5,8-10,16H2,1-3H3,(H,17,19). The average molecular weight is 261 g/mol. The molecule has 1 aliphatic carbocycles. The molecule has 1 fully saturated rings. The second-order valence-corrected chi connectivity index (χ2v) is 5.67. The van der Waals surface area contributed by atoms with Crippen LogP contribution < -0.4 is 11.1 Å². The van der Waals surface area contributed by atoms with Gasteiger partial charge in [0.1, 0.15) is 0 Å². The zero-order chi connectivity index (χ0) is 14.0. The lowest BCUT2D eigenvalue weighted by molar-refractivity contribution is 0.0557. The summed E-state index contributed by atoms with van der Waals surface area (Å²) in [4.78, 5) is 14.5. The zero-order valence-electron chi connectivity index (χ0n) is 12.0. The minimum Gasteiger partial charge on any atom is -0.398 e. The van der Waals surface area contributed by atoms with E-state index in [9.17, 15) is 4.79 Å². The Hall–Kier alpha value is -1.55. The van der Waals surface area contributed by atoms with Gasteiger partial charge in [-0.15, -0.1) is 0 Å². The molecular weight excluding hydrogens is 238 g/mol. The summed E-state index contributed by atoms with van der Waals surface area (Å²) >= 11 is 0. The van der Waals surface area contributed by atoms with Gasteiger partial charge in [0.2, 0.25) is 0 Å². The Morgan fingerprint density at radius 2 is 2.11 bits per heavy atom. The largest absolute Gasteiger partial charge is 0.398 e. The van der Waals surface area contributed by atoms with Crippen molar-refractivity contribution >= 4 is 11.6 Å². The van der Waals surface area contributed by atoms with Gasteiger partial charge in [-0.1, -0.05) is 6.07 Å². The van der Waals surface area contributed by atoms with Crippen molar-refractivity contribution in [2.45, 2.75) is 31.7 Å². The number of benzene rings is 1. The third-order valence-corrected chi connectivity index (χ3v) is 4.43. The lowest BCUT2D eigenvalue weighted by Crippen LogP contribution is -2.57. The molecule has 0 atom stereocenters. The van der Waals surface area contributed by atoms with Gasteiger partial charge >= 0.3 is 0 Å². The molecule has 0 spiro atoms. The van der Waals surface area contributed by atoms with Gasteiger partial charge in [0, 0.05) is 23.3 Å². The molecular formula is C15H23N3O. The maximum Gasteiger partial charge on any atom is 0.251 e. The number of nitrogen functional groups attached to an aromatic ring is 1. The number of amides is 1. The monoisotopic (exact) mass is 261 g/mol. The highest BCUT2D eigenvalue weighted by Gasteiger charge is 2.39. The number of carbonyl (C=O) groups excluding carboxylic acids is 1. The first-order chi connectivity index (χ1) is 8.96. The number of hydrogen-bond donors (Lipinski definition) is 2. The number of rotatable bonds is 4. The van der Waals surface area contributed by atoms with Gasteiger partial charge in [0.25, 0.3) is 5.91 Å². The van der Waals surface area contributed by atoms with E-state index in [4.69, 9.17) is 5.73 Å². The fraction of sp³-hybridized carbons (Fsp3) is 0.533. The summed E-state index contributed by atoms with van der Waals surface area (Å²) in [7, 11) is 4.16. The molecule has 19 heavy (non-hydrogen) atoms. The summed E-state index contributed by atoms with van der Waals surface area (Å²) in [6.45, 7) is 2.59. The molecule has 2 rings (SSSR count). The first kappa shape index (κ1) is 13.9. The van der Waals surface area contributed by atoms with Crippen molar-refractivity contribution < 1.29 is 4.79 Å². The number of anilines is 1. The van der Waals surface area contributed by atoms with Crippen LogP contribution in [0.2, 0.25) is 0 Å². The highest BCUT2D eigenvalue weighted by atomic mass is 16.1. The van der Waals surface area contributed by atoms with Crippen molar-refractivity contribution in [2.24, 2.45) is 0 Å². The Labute approximate surface area is 115 Å². The lowest BCUT2D eigenvalue weighted by Gasteiger charge is -2.47. The van der Waals surface area contributed by atoms with Crippen LogP contribution in [-0.4, -0.2) is 37.0 Å². The van der Waals surface area contributed by atoms with E-state index in [0.29, 0.717) is 17.8 Å². The van der Waals surface area contributed by atoms with Crippen LogP contribution in [0, 0.1) is 6.92 Å². The van der Waals surface area contributed by atoms with E-state index in [-0.39, 0.29) is 11.4 Å². The number of nitrogens with one attached hydrogen (secondary N) is 1. The maximum atomic E-state index is 12.2. The SMILES string of the molecule is Cc1c(N)cccc1C(=O)NCC1(N(C)C)CCC1. The van der Waals surface area contributed by atoms with Crippen LogP contribution in [0.5, 0.6) is 0 Å². The molecule has 104 valence electrons. The van der Waals surface area contributed by atoms with Crippen molar-refractivity contribution in [1.29, 1.82) is 0 Å². The smallest absolute Gasteiger partial charge is 0.251 e. The second kappa shape index (κ2) is 5.21. The molecule has 1 aliphatic rings. The number of nitrogens with two attached hydrogens (primary N) is 1. The van der Waals surface area contributed by atoms with Crippen molar-refractivity contribution in [3.8, 4) is 0 Å². The van der Waals surface area contributed by atoms with E-state index in [2.05, 4.69) is 24.3 Å². The Kier molecular flexibility index (Phi) is 3.80. The molecule has 1 aromatic rings. The van der Waals surface area contributed by atoms with E-state index >= 15 is 0 Å². The maximum absolute atomic E-state index is 12.2.